The number of carbonyl (C=O) groups excluding carboxylic acids is 2. The van der Waals surface area contributed by atoms with E-state index in [1.165, 1.54) is 6.07 Å². The van der Waals surface area contributed by atoms with E-state index in [1.54, 1.807) is 36.1 Å². The summed E-state index contributed by atoms with van der Waals surface area (Å²) in [5.41, 5.74) is 1.16. The van der Waals surface area contributed by atoms with Crippen LogP contribution in [0.4, 0.5) is 4.39 Å². The van der Waals surface area contributed by atoms with Crippen LogP contribution in [0, 0.1) is 5.82 Å². The highest BCUT2D eigenvalue weighted by molar-refractivity contribution is 9.10. The molecule has 1 fully saturated rings. The smallest absolute Gasteiger partial charge is 0.252 e. The number of carbonyl (C=O) groups is 2. The van der Waals surface area contributed by atoms with Gasteiger partial charge in [-0.3, -0.25) is 9.59 Å². The van der Waals surface area contributed by atoms with E-state index in [2.05, 4.69) is 21.2 Å². The van der Waals surface area contributed by atoms with E-state index in [0.29, 0.717) is 30.5 Å². The predicted molar refractivity (Wildman–Crippen MR) is 104 cm³/mol. The minimum atomic E-state index is -0.949. The van der Waals surface area contributed by atoms with Crippen molar-refractivity contribution in [2.24, 2.45) is 0 Å². The molecular formula is C21H20BrFN2O2. The molecule has 2 atom stereocenters. The minimum absolute atomic E-state index is 0.104. The summed E-state index contributed by atoms with van der Waals surface area (Å²) in [5, 5.41) is 2.91. The molecule has 27 heavy (non-hydrogen) atoms. The van der Waals surface area contributed by atoms with Crippen LogP contribution in [0.2, 0.25) is 0 Å². The topological polar surface area (TPSA) is 49.4 Å². The molecule has 4 nitrogen and oxygen atoms in total. The maximum Gasteiger partial charge on any atom is 0.252 e. The lowest BCUT2D eigenvalue weighted by atomic mass is 9.99. The van der Waals surface area contributed by atoms with E-state index < -0.39 is 5.54 Å². The number of halogens is 2. The Kier molecular flexibility index (Phi) is 4.54. The molecule has 0 bridgehead atoms. The molecule has 1 saturated heterocycles. The first kappa shape index (κ1) is 18.2. The van der Waals surface area contributed by atoms with Crippen molar-refractivity contribution < 1.29 is 14.0 Å². The highest BCUT2D eigenvalue weighted by Gasteiger charge is 2.47. The van der Waals surface area contributed by atoms with Crippen molar-refractivity contribution in [2.45, 2.75) is 37.8 Å². The van der Waals surface area contributed by atoms with Crippen LogP contribution in [-0.2, 0) is 11.2 Å². The first-order valence-corrected chi connectivity index (χ1v) is 9.85. The zero-order valence-electron chi connectivity index (χ0n) is 15.0. The van der Waals surface area contributed by atoms with E-state index in [1.807, 2.05) is 12.1 Å². The zero-order valence-corrected chi connectivity index (χ0v) is 16.6. The Hall–Kier alpha value is -2.21. The van der Waals surface area contributed by atoms with Crippen LogP contribution in [0.15, 0.2) is 46.9 Å². The molecule has 0 spiro atoms. The molecule has 6 heteroatoms. The summed E-state index contributed by atoms with van der Waals surface area (Å²) in [6, 6.07) is 12.0. The first-order chi connectivity index (χ1) is 12.9. The third-order valence-electron chi connectivity index (χ3n) is 5.62. The van der Waals surface area contributed by atoms with Crippen molar-refractivity contribution in [3.63, 3.8) is 0 Å². The second-order valence-electron chi connectivity index (χ2n) is 7.41. The fourth-order valence-electron chi connectivity index (χ4n) is 4.15. The van der Waals surface area contributed by atoms with Gasteiger partial charge in [-0.1, -0.05) is 34.1 Å². The van der Waals surface area contributed by atoms with Crippen molar-refractivity contribution in [1.82, 2.24) is 10.2 Å². The van der Waals surface area contributed by atoms with Crippen LogP contribution in [0.1, 0.15) is 47.3 Å². The number of rotatable bonds is 3. The quantitative estimate of drug-likeness (QED) is 0.799. The van der Waals surface area contributed by atoms with Gasteiger partial charge in [0.1, 0.15) is 11.4 Å². The van der Waals surface area contributed by atoms with Crippen molar-refractivity contribution in [3.05, 3.63) is 69.4 Å². The summed E-state index contributed by atoms with van der Waals surface area (Å²) >= 11 is 3.36. The maximum atomic E-state index is 14.0. The van der Waals surface area contributed by atoms with E-state index in [0.717, 1.165) is 16.5 Å². The molecule has 2 unspecified atom stereocenters. The number of hydrogen-bond donors (Lipinski definition) is 1. The second-order valence-corrected chi connectivity index (χ2v) is 8.32. The fourth-order valence-corrected chi connectivity index (χ4v) is 4.55. The molecule has 4 rings (SSSR count). The Morgan fingerprint density at radius 3 is 2.85 bits per heavy atom. The van der Waals surface area contributed by atoms with Gasteiger partial charge in [-0.05, 0) is 61.6 Å². The monoisotopic (exact) mass is 430 g/mol. The second kappa shape index (κ2) is 6.75. The Morgan fingerprint density at radius 2 is 2.07 bits per heavy atom. The summed E-state index contributed by atoms with van der Waals surface area (Å²) in [6.07, 6.45) is 1.89. The van der Waals surface area contributed by atoms with Gasteiger partial charge in [-0.2, -0.15) is 0 Å². The van der Waals surface area contributed by atoms with Gasteiger partial charge < -0.3 is 10.2 Å². The molecule has 0 aromatic heterocycles. The van der Waals surface area contributed by atoms with Gasteiger partial charge in [-0.15, -0.1) is 0 Å². The van der Waals surface area contributed by atoms with E-state index in [-0.39, 0.29) is 23.7 Å². The third kappa shape index (κ3) is 3.16. The van der Waals surface area contributed by atoms with Gasteiger partial charge in [0.2, 0.25) is 5.91 Å². The van der Waals surface area contributed by atoms with Crippen LogP contribution < -0.4 is 5.32 Å². The lowest BCUT2D eigenvalue weighted by Gasteiger charge is -2.29. The molecule has 1 aliphatic carbocycles. The molecule has 2 aliphatic rings. The summed E-state index contributed by atoms with van der Waals surface area (Å²) < 4.78 is 14.8. The normalized spacial score (nSPS) is 24.2. The van der Waals surface area contributed by atoms with Crippen molar-refractivity contribution in [3.8, 4) is 0 Å². The number of nitrogens with zero attached hydrogens (tertiary/aromatic N) is 1. The molecule has 1 heterocycles. The fraction of sp³-hybridized carbons (Fsp3) is 0.333. The van der Waals surface area contributed by atoms with Crippen LogP contribution >= 0.6 is 15.9 Å². The molecule has 140 valence electrons. The average Bonchev–Trinajstić information content (AvgIpc) is 3.18. The van der Waals surface area contributed by atoms with Crippen LogP contribution in [0.3, 0.4) is 0 Å². The van der Waals surface area contributed by atoms with Crippen molar-refractivity contribution >= 4 is 27.7 Å². The van der Waals surface area contributed by atoms with Gasteiger partial charge in [0, 0.05) is 16.6 Å². The largest absolute Gasteiger partial charge is 0.338 e. The highest BCUT2D eigenvalue weighted by atomic mass is 79.9. The number of likely N-dealkylation sites (tertiary alicyclic amines) is 1. The standard InChI is InChI=1S/C21H20BrFN2O2/c1-21(24-19(26)13-4-2-5-14(22)12-13)10-11-25(20(21)27)18-9-8-15-16(18)6-3-7-17(15)23/h2-7,12,18H,8-11H2,1H3,(H,24,26). The zero-order chi connectivity index (χ0) is 19.2. The summed E-state index contributed by atoms with van der Waals surface area (Å²) in [5.74, 6) is -0.577. The SMILES string of the molecule is CC1(NC(=O)c2cccc(Br)c2)CCN(C2CCc3c(F)cccc32)C1=O. The molecular weight excluding hydrogens is 411 g/mol. The van der Waals surface area contributed by atoms with Crippen molar-refractivity contribution in [2.75, 3.05) is 6.54 Å². The highest BCUT2D eigenvalue weighted by Crippen LogP contribution is 2.40. The maximum absolute atomic E-state index is 14.0. The van der Waals surface area contributed by atoms with Gasteiger partial charge in [-0.25, -0.2) is 4.39 Å². The first-order valence-electron chi connectivity index (χ1n) is 9.05. The number of benzene rings is 2. The van der Waals surface area contributed by atoms with Crippen LogP contribution in [0.25, 0.3) is 0 Å². The number of amides is 2. The predicted octanol–water partition coefficient (Wildman–Crippen LogP) is 4.00. The molecule has 2 aromatic rings. The molecule has 1 aliphatic heterocycles. The minimum Gasteiger partial charge on any atom is -0.338 e. The van der Waals surface area contributed by atoms with Gasteiger partial charge in [0.05, 0.1) is 6.04 Å². The lowest BCUT2D eigenvalue weighted by Crippen LogP contribution is -2.52. The summed E-state index contributed by atoms with van der Waals surface area (Å²) in [4.78, 5) is 27.6. The summed E-state index contributed by atoms with van der Waals surface area (Å²) in [6.45, 7) is 2.32. The third-order valence-corrected chi connectivity index (χ3v) is 6.11. The molecule has 2 amide bonds. The van der Waals surface area contributed by atoms with Gasteiger partial charge >= 0.3 is 0 Å². The molecule has 0 saturated carbocycles. The van der Waals surface area contributed by atoms with Gasteiger partial charge in [0.15, 0.2) is 0 Å². The van der Waals surface area contributed by atoms with Crippen LogP contribution in [-0.4, -0.2) is 28.8 Å². The van der Waals surface area contributed by atoms with Crippen LogP contribution in [0.5, 0.6) is 0 Å². The number of fused-ring (bicyclic) bond motifs is 1. The lowest BCUT2D eigenvalue weighted by molar-refractivity contribution is -0.134. The number of nitrogens with one attached hydrogen (secondary N) is 1. The number of hydrogen-bond acceptors (Lipinski definition) is 2. The Morgan fingerprint density at radius 1 is 1.30 bits per heavy atom. The summed E-state index contributed by atoms with van der Waals surface area (Å²) in [7, 11) is 0. The Bertz CT molecular complexity index is 932. The van der Waals surface area contributed by atoms with Crippen molar-refractivity contribution in [1.29, 1.82) is 0 Å². The molecule has 2 aromatic carbocycles. The van der Waals surface area contributed by atoms with E-state index in [4.69, 9.17) is 0 Å². The van der Waals surface area contributed by atoms with Gasteiger partial charge in [0.25, 0.3) is 5.91 Å². The van der Waals surface area contributed by atoms with E-state index >= 15 is 0 Å². The van der Waals surface area contributed by atoms with E-state index in [9.17, 15) is 14.0 Å². The average molecular weight is 431 g/mol. The Labute approximate surface area is 165 Å². The Balaban J connectivity index is 1.54. The molecule has 1 N–H and O–H groups in total. The molecule has 0 radical (unpaired) electrons.